The lowest BCUT2D eigenvalue weighted by Gasteiger charge is -2.21. The molecule has 0 aromatic heterocycles. The van der Waals surface area contributed by atoms with Gasteiger partial charge in [-0.05, 0) is 30.3 Å². The molecule has 0 saturated carbocycles. The van der Waals surface area contributed by atoms with Crippen LogP contribution in [0, 0.1) is 5.82 Å². The zero-order chi connectivity index (χ0) is 17.4. The van der Waals surface area contributed by atoms with Crippen LogP contribution in [-0.4, -0.2) is 36.2 Å². The second kappa shape index (κ2) is 6.05. The maximum atomic E-state index is 13.1. The number of carbonyl (C=O) groups excluding carboxylic acids is 3. The largest absolute Gasteiger partial charge is 0.312 e. The van der Waals surface area contributed by atoms with Crippen molar-refractivity contribution in [2.75, 3.05) is 18.5 Å². The Morgan fingerprint density at radius 2 is 1.71 bits per heavy atom. The van der Waals surface area contributed by atoms with Crippen LogP contribution in [0.3, 0.4) is 0 Å². The number of amides is 3. The van der Waals surface area contributed by atoms with Crippen molar-refractivity contribution >= 4 is 35.0 Å². The number of benzene rings is 2. The van der Waals surface area contributed by atoms with Crippen LogP contribution < -0.4 is 4.90 Å². The van der Waals surface area contributed by atoms with Gasteiger partial charge in [0, 0.05) is 7.05 Å². The molecule has 3 amide bonds. The smallest absolute Gasteiger partial charge is 0.262 e. The van der Waals surface area contributed by atoms with Crippen molar-refractivity contribution in [3.8, 4) is 0 Å². The first-order chi connectivity index (χ1) is 11.4. The molecule has 0 fully saturated rings. The van der Waals surface area contributed by atoms with E-state index in [4.69, 9.17) is 11.6 Å². The summed E-state index contributed by atoms with van der Waals surface area (Å²) >= 11 is 5.93. The normalized spacial score (nSPS) is 13.2. The third kappa shape index (κ3) is 2.65. The minimum absolute atomic E-state index is 0.0632. The maximum Gasteiger partial charge on any atom is 0.262 e. The average molecular weight is 347 g/mol. The summed E-state index contributed by atoms with van der Waals surface area (Å²) in [4.78, 5) is 39.0. The number of hydrogen-bond donors (Lipinski definition) is 0. The second-order valence-corrected chi connectivity index (χ2v) is 5.70. The molecule has 0 aliphatic carbocycles. The fraction of sp³-hybridized carbons (Fsp3) is 0.118. The van der Waals surface area contributed by atoms with Crippen molar-refractivity contribution in [1.29, 1.82) is 0 Å². The van der Waals surface area contributed by atoms with Gasteiger partial charge in [0.1, 0.15) is 12.4 Å². The monoisotopic (exact) mass is 346 g/mol. The van der Waals surface area contributed by atoms with Gasteiger partial charge in [-0.1, -0.05) is 23.7 Å². The van der Waals surface area contributed by atoms with Crippen LogP contribution in [-0.2, 0) is 4.79 Å². The van der Waals surface area contributed by atoms with Gasteiger partial charge in [0.25, 0.3) is 11.8 Å². The van der Waals surface area contributed by atoms with E-state index in [-0.39, 0.29) is 16.1 Å². The zero-order valence-electron chi connectivity index (χ0n) is 12.6. The van der Waals surface area contributed by atoms with Crippen molar-refractivity contribution < 1.29 is 18.8 Å². The highest BCUT2D eigenvalue weighted by Crippen LogP contribution is 2.27. The van der Waals surface area contributed by atoms with Crippen LogP contribution in [0.4, 0.5) is 10.1 Å². The van der Waals surface area contributed by atoms with Crippen molar-refractivity contribution in [2.45, 2.75) is 0 Å². The van der Waals surface area contributed by atoms with Gasteiger partial charge >= 0.3 is 0 Å². The molecule has 0 atom stereocenters. The molecule has 2 aromatic rings. The molecule has 0 spiro atoms. The molecule has 0 radical (unpaired) electrons. The summed E-state index contributed by atoms with van der Waals surface area (Å²) in [7, 11) is 1.44. The Kier molecular flexibility index (Phi) is 4.07. The number of fused-ring (bicyclic) bond motifs is 1. The van der Waals surface area contributed by atoms with Gasteiger partial charge in [-0.15, -0.1) is 0 Å². The Hall–Kier alpha value is -2.73. The molecule has 2 aromatic carbocycles. The molecule has 3 rings (SSSR count). The fourth-order valence-corrected chi connectivity index (χ4v) is 2.81. The van der Waals surface area contributed by atoms with E-state index in [1.54, 1.807) is 24.3 Å². The minimum Gasteiger partial charge on any atom is -0.312 e. The Balaban J connectivity index is 1.81. The third-order valence-electron chi connectivity index (χ3n) is 3.82. The Morgan fingerprint density at radius 1 is 1.12 bits per heavy atom. The number of carbonyl (C=O) groups is 3. The van der Waals surface area contributed by atoms with E-state index in [0.717, 1.165) is 11.0 Å². The first-order valence-electron chi connectivity index (χ1n) is 7.07. The summed E-state index contributed by atoms with van der Waals surface area (Å²) in [5.74, 6) is -2.06. The van der Waals surface area contributed by atoms with E-state index in [2.05, 4.69) is 0 Å². The lowest BCUT2D eigenvalue weighted by molar-refractivity contribution is -0.118. The van der Waals surface area contributed by atoms with E-state index in [0.29, 0.717) is 5.69 Å². The molecular formula is C17H12ClFN2O3. The number of imide groups is 1. The topological polar surface area (TPSA) is 57.7 Å². The van der Waals surface area contributed by atoms with Gasteiger partial charge in [-0.2, -0.15) is 0 Å². The summed E-state index contributed by atoms with van der Waals surface area (Å²) < 4.78 is 13.1. The summed E-state index contributed by atoms with van der Waals surface area (Å²) in [6.07, 6.45) is 0. The molecule has 7 heteroatoms. The number of anilines is 1. The number of rotatable bonds is 3. The van der Waals surface area contributed by atoms with Crippen molar-refractivity contribution in [3.05, 3.63) is 64.4 Å². The fourth-order valence-electron chi connectivity index (χ4n) is 2.51. The second-order valence-electron chi connectivity index (χ2n) is 5.29. The molecule has 1 aliphatic rings. The highest BCUT2D eigenvalue weighted by molar-refractivity contribution is 6.34. The lowest BCUT2D eigenvalue weighted by atomic mass is 10.1. The number of hydrogen-bond acceptors (Lipinski definition) is 3. The van der Waals surface area contributed by atoms with Gasteiger partial charge in [-0.3, -0.25) is 19.3 Å². The summed E-state index contributed by atoms with van der Waals surface area (Å²) in [6.45, 7) is -0.420. The number of nitrogens with zero attached hydrogens (tertiary/aromatic N) is 2. The highest BCUT2D eigenvalue weighted by atomic mass is 35.5. The van der Waals surface area contributed by atoms with Gasteiger partial charge in [-0.25, -0.2) is 4.39 Å². The van der Waals surface area contributed by atoms with E-state index >= 15 is 0 Å². The SMILES string of the molecule is CN(C(=O)CN1C(=O)c2ccccc2C1=O)c1ccc(F)cc1Cl. The molecule has 0 unspecified atom stereocenters. The van der Waals surface area contributed by atoms with E-state index in [9.17, 15) is 18.8 Å². The van der Waals surface area contributed by atoms with Crippen LogP contribution in [0.1, 0.15) is 20.7 Å². The van der Waals surface area contributed by atoms with Crippen molar-refractivity contribution in [3.63, 3.8) is 0 Å². The Morgan fingerprint density at radius 3 is 2.25 bits per heavy atom. The molecule has 0 bridgehead atoms. The minimum atomic E-state index is -0.523. The van der Waals surface area contributed by atoms with Gasteiger partial charge in [0.05, 0.1) is 21.8 Å². The van der Waals surface area contributed by atoms with E-state index < -0.39 is 30.1 Å². The number of halogens is 2. The quantitative estimate of drug-likeness (QED) is 0.803. The van der Waals surface area contributed by atoms with Crippen LogP contribution in [0.25, 0.3) is 0 Å². The van der Waals surface area contributed by atoms with Gasteiger partial charge < -0.3 is 4.90 Å². The van der Waals surface area contributed by atoms with Crippen molar-refractivity contribution in [2.24, 2.45) is 0 Å². The Labute approximate surface area is 142 Å². The Bertz CT molecular complexity index is 834. The number of likely N-dealkylation sites (N-methyl/N-ethyl adjacent to an activating group) is 1. The van der Waals surface area contributed by atoms with Crippen molar-refractivity contribution in [1.82, 2.24) is 4.90 Å². The molecule has 1 aliphatic heterocycles. The molecule has 1 heterocycles. The van der Waals surface area contributed by atoms with Gasteiger partial charge in [0.2, 0.25) is 5.91 Å². The highest BCUT2D eigenvalue weighted by Gasteiger charge is 2.36. The average Bonchev–Trinajstić information content (AvgIpc) is 2.80. The van der Waals surface area contributed by atoms with Crippen LogP contribution in [0.5, 0.6) is 0 Å². The molecule has 0 saturated heterocycles. The summed E-state index contributed by atoms with van der Waals surface area (Å²) in [5, 5.41) is 0.0632. The van der Waals surface area contributed by atoms with Crippen LogP contribution in [0.2, 0.25) is 5.02 Å². The third-order valence-corrected chi connectivity index (χ3v) is 4.12. The molecule has 122 valence electrons. The predicted molar refractivity (Wildman–Crippen MR) is 86.6 cm³/mol. The van der Waals surface area contributed by atoms with Crippen LogP contribution in [0.15, 0.2) is 42.5 Å². The van der Waals surface area contributed by atoms with Crippen LogP contribution >= 0.6 is 11.6 Å². The van der Waals surface area contributed by atoms with E-state index in [1.165, 1.54) is 24.1 Å². The standard InChI is InChI=1S/C17H12ClFN2O3/c1-20(14-7-6-10(19)8-13(14)18)15(22)9-21-16(23)11-4-2-3-5-12(11)17(21)24/h2-8H,9H2,1H3. The van der Waals surface area contributed by atoms with E-state index in [1.807, 2.05) is 0 Å². The molecule has 24 heavy (non-hydrogen) atoms. The van der Waals surface area contributed by atoms with Gasteiger partial charge in [0.15, 0.2) is 0 Å². The first kappa shape index (κ1) is 16.1. The maximum absolute atomic E-state index is 13.1. The summed E-state index contributed by atoms with van der Waals surface area (Å²) in [6, 6.07) is 10.0. The zero-order valence-corrected chi connectivity index (χ0v) is 13.4. The molecular weight excluding hydrogens is 335 g/mol. The first-order valence-corrected chi connectivity index (χ1v) is 7.45. The predicted octanol–water partition coefficient (Wildman–Crippen LogP) is 2.74. The lowest BCUT2D eigenvalue weighted by Crippen LogP contribution is -2.41. The molecule has 0 N–H and O–H groups in total. The molecule has 5 nitrogen and oxygen atoms in total. The summed E-state index contributed by atoms with van der Waals surface area (Å²) in [5.41, 5.74) is 0.843.